The Bertz CT molecular complexity index is 1690. The van der Waals surface area contributed by atoms with E-state index >= 15 is 0 Å². The van der Waals surface area contributed by atoms with Gasteiger partial charge in [-0.1, -0.05) is 35.1 Å². The highest BCUT2D eigenvalue weighted by molar-refractivity contribution is 7.99. The lowest BCUT2D eigenvalue weighted by molar-refractivity contribution is -0.127. The van der Waals surface area contributed by atoms with E-state index in [1.165, 1.54) is 23.1 Å². The summed E-state index contributed by atoms with van der Waals surface area (Å²) in [6.07, 6.45) is 5.03. The summed E-state index contributed by atoms with van der Waals surface area (Å²) in [5.74, 6) is 0.383. The largest absolute Gasteiger partial charge is 0.450 e. The number of amides is 1. The van der Waals surface area contributed by atoms with Gasteiger partial charge >= 0.3 is 0 Å². The smallest absolute Gasteiger partial charge is 0.271 e. The number of aromatic nitrogens is 3. The minimum absolute atomic E-state index is 0.138. The summed E-state index contributed by atoms with van der Waals surface area (Å²) in [4.78, 5) is 42.8. The van der Waals surface area contributed by atoms with Crippen LogP contribution in [-0.2, 0) is 4.79 Å². The summed E-state index contributed by atoms with van der Waals surface area (Å²) in [6.45, 7) is 6.79. The number of fused-ring (bicyclic) bond motifs is 1. The molecule has 0 spiro atoms. The minimum Gasteiger partial charge on any atom is -0.450 e. The van der Waals surface area contributed by atoms with Crippen molar-refractivity contribution in [2.45, 2.75) is 37.1 Å². The predicted molar refractivity (Wildman–Crippen MR) is 148 cm³/mol. The number of nitrogens with zero attached hydrogens (tertiary/aromatic N) is 5. The zero-order chi connectivity index (χ0) is 26.8. The summed E-state index contributed by atoms with van der Waals surface area (Å²) < 4.78 is 7.96. The maximum Gasteiger partial charge on any atom is 0.271 e. The molecule has 0 saturated heterocycles. The number of carbonyl (C=O) groups is 1. The van der Waals surface area contributed by atoms with E-state index in [9.17, 15) is 9.59 Å². The molecule has 1 amide bonds. The van der Waals surface area contributed by atoms with E-state index in [2.05, 4.69) is 9.97 Å². The Kier molecular flexibility index (Phi) is 7.64. The molecule has 5 rings (SSSR count). The SMILES string of the molecule is CCN(CC)C(=O)C1=C(C)N=c2s/c(=C\c3ccc(Sc4ncccn4)o3)c(=O)n2[C@H]1c1ccc(Cl)cc1. The quantitative estimate of drug-likeness (QED) is 0.310. The standard InChI is InChI=1S/C27H24ClN5O3S2/c1-4-32(5-2)25(35)22-16(3)31-27-33(23(22)17-7-9-18(28)10-8-17)24(34)20(37-27)15-19-11-12-21(36-19)38-26-29-13-6-14-30-26/h6-15,23H,4-5H2,1-3H3/b20-15-/t23-/m0/s1. The molecule has 0 saturated carbocycles. The molecule has 4 heterocycles. The second-order valence-electron chi connectivity index (χ2n) is 8.40. The average molecular weight is 566 g/mol. The van der Waals surface area contributed by atoms with Gasteiger partial charge in [0.2, 0.25) is 0 Å². The number of hydrogen-bond donors (Lipinski definition) is 0. The maximum absolute atomic E-state index is 13.8. The molecule has 1 aromatic carbocycles. The van der Waals surface area contributed by atoms with Gasteiger partial charge in [-0.15, -0.1) is 0 Å². The highest BCUT2D eigenvalue weighted by atomic mass is 35.5. The molecular weight excluding hydrogens is 542 g/mol. The third-order valence-corrected chi connectivity index (χ3v) is 8.15. The molecule has 1 aliphatic rings. The van der Waals surface area contributed by atoms with Crippen LogP contribution in [0.15, 0.2) is 90.6 Å². The number of likely N-dealkylation sites (N-methyl/N-ethyl adjacent to an activating group) is 1. The van der Waals surface area contributed by atoms with Gasteiger partial charge in [0.1, 0.15) is 5.76 Å². The third kappa shape index (κ3) is 5.11. The number of furan rings is 1. The maximum atomic E-state index is 13.8. The number of allylic oxidation sites excluding steroid dienone is 1. The van der Waals surface area contributed by atoms with Crippen LogP contribution in [0.25, 0.3) is 6.08 Å². The topological polar surface area (TPSA) is 93.6 Å². The number of benzene rings is 1. The van der Waals surface area contributed by atoms with E-state index in [-0.39, 0.29) is 11.5 Å². The average Bonchev–Trinajstić information content (AvgIpc) is 3.48. The normalized spacial score (nSPS) is 15.4. The molecule has 0 bridgehead atoms. The Balaban J connectivity index is 1.60. The van der Waals surface area contributed by atoms with Crippen LogP contribution in [0.2, 0.25) is 5.02 Å². The molecule has 3 aromatic heterocycles. The lowest BCUT2D eigenvalue weighted by Gasteiger charge is -2.29. The molecule has 0 fully saturated rings. The predicted octanol–water partition coefficient (Wildman–Crippen LogP) is 4.29. The van der Waals surface area contributed by atoms with E-state index in [1.807, 2.05) is 39.0 Å². The zero-order valence-corrected chi connectivity index (χ0v) is 23.3. The molecule has 1 atom stereocenters. The molecule has 0 radical (unpaired) electrons. The highest BCUT2D eigenvalue weighted by Crippen LogP contribution is 2.32. The van der Waals surface area contributed by atoms with E-state index in [0.29, 0.717) is 54.7 Å². The Morgan fingerprint density at radius 1 is 1.16 bits per heavy atom. The molecule has 38 heavy (non-hydrogen) atoms. The van der Waals surface area contributed by atoms with E-state index in [1.54, 1.807) is 52.2 Å². The van der Waals surface area contributed by atoms with Crippen molar-refractivity contribution in [1.29, 1.82) is 0 Å². The molecule has 194 valence electrons. The highest BCUT2D eigenvalue weighted by Gasteiger charge is 2.34. The van der Waals surface area contributed by atoms with Crippen LogP contribution in [0.1, 0.15) is 38.1 Å². The van der Waals surface area contributed by atoms with Crippen LogP contribution >= 0.6 is 34.7 Å². The fourth-order valence-corrected chi connectivity index (χ4v) is 6.09. The van der Waals surface area contributed by atoms with Crippen molar-refractivity contribution in [2.24, 2.45) is 4.99 Å². The van der Waals surface area contributed by atoms with Gasteiger partial charge in [-0.2, -0.15) is 0 Å². The number of halogens is 1. The van der Waals surface area contributed by atoms with Crippen molar-refractivity contribution in [1.82, 2.24) is 19.4 Å². The van der Waals surface area contributed by atoms with Crippen molar-refractivity contribution in [3.8, 4) is 0 Å². The molecule has 8 nitrogen and oxygen atoms in total. The summed E-state index contributed by atoms with van der Waals surface area (Å²) in [5, 5.41) is 1.75. The van der Waals surface area contributed by atoms with Crippen molar-refractivity contribution in [3.05, 3.63) is 102 Å². The first kappa shape index (κ1) is 26.1. The second kappa shape index (κ2) is 11.1. The van der Waals surface area contributed by atoms with Crippen LogP contribution in [0.5, 0.6) is 0 Å². The van der Waals surface area contributed by atoms with Crippen molar-refractivity contribution < 1.29 is 9.21 Å². The number of thiazole rings is 1. The zero-order valence-electron chi connectivity index (χ0n) is 20.9. The molecule has 1 aliphatic heterocycles. The van der Waals surface area contributed by atoms with Crippen LogP contribution in [0.4, 0.5) is 0 Å². The molecule has 11 heteroatoms. The third-order valence-electron chi connectivity index (χ3n) is 6.10. The number of rotatable bonds is 7. The van der Waals surface area contributed by atoms with Crippen molar-refractivity contribution in [2.75, 3.05) is 13.1 Å². The van der Waals surface area contributed by atoms with Crippen LogP contribution in [0, 0.1) is 0 Å². The Hall–Kier alpha value is -3.47. The van der Waals surface area contributed by atoms with E-state index < -0.39 is 6.04 Å². The number of hydrogen-bond acceptors (Lipinski definition) is 8. The molecule has 4 aromatic rings. The van der Waals surface area contributed by atoms with Crippen LogP contribution in [-0.4, -0.2) is 38.4 Å². The molecule has 0 N–H and O–H groups in total. The first-order valence-electron chi connectivity index (χ1n) is 12.0. The Morgan fingerprint density at radius 2 is 1.87 bits per heavy atom. The van der Waals surface area contributed by atoms with Crippen LogP contribution < -0.4 is 14.9 Å². The van der Waals surface area contributed by atoms with E-state index in [4.69, 9.17) is 21.0 Å². The van der Waals surface area contributed by atoms with Crippen molar-refractivity contribution in [3.63, 3.8) is 0 Å². The molecule has 0 unspecified atom stereocenters. The molecule has 0 aliphatic carbocycles. The molecular formula is C27H24ClN5O3S2. The van der Waals surface area contributed by atoms with Gasteiger partial charge in [-0.25, -0.2) is 15.0 Å². The lowest BCUT2D eigenvalue weighted by atomic mass is 9.94. The van der Waals surface area contributed by atoms with Gasteiger partial charge in [0.25, 0.3) is 11.5 Å². The Labute approximate surface area is 232 Å². The lowest BCUT2D eigenvalue weighted by Crippen LogP contribution is -2.43. The van der Waals surface area contributed by atoms with Gasteiger partial charge in [0.05, 0.1) is 21.8 Å². The summed E-state index contributed by atoms with van der Waals surface area (Å²) >= 11 is 8.71. The second-order valence-corrected chi connectivity index (χ2v) is 10.8. The van der Waals surface area contributed by atoms with Gasteiger partial charge in [0, 0.05) is 36.6 Å². The minimum atomic E-state index is -0.628. The summed E-state index contributed by atoms with van der Waals surface area (Å²) in [7, 11) is 0. The van der Waals surface area contributed by atoms with Crippen LogP contribution in [0.3, 0.4) is 0 Å². The first-order chi connectivity index (χ1) is 18.4. The van der Waals surface area contributed by atoms with E-state index in [0.717, 1.165) is 5.56 Å². The number of carbonyl (C=O) groups excluding carboxylic acids is 1. The first-order valence-corrected chi connectivity index (χ1v) is 14.0. The fraction of sp³-hybridized carbons (Fsp3) is 0.222. The van der Waals surface area contributed by atoms with Crippen molar-refractivity contribution >= 4 is 46.7 Å². The van der Waals surface area contributed by atoms with Gasteiger partial charge in [0.15, 0.2) is 15.1 Å². The monoisotopic (exact) mass is 565 g/mol. The van der Waals surface area contributed by atoms with Gasteiger partial charge in [-0.05, 0) is 68.4 Å². The van der Waals surface area contributed by atoms with Gasteiger partial charge < -0.3 is 9.32 Å². The summed E-state index contributed by atoms with van der Waals surface area (Å²) in [6, 6.07) is 11.9. The fourth-order valence-electron chi connectivity index (χ4n) is 4.26. The van der Waals surface area contributed by atoms with Gasteiger partial charge in [-0.3, -0.25) is 14.2 Å². The summed E-state index contributed by atoms with van der Waals surface area (Å²) in [5.41, 5.74) is 1.61. The Morgan fingerprint density at radius 3 is 2.55 bits per heavy atom.